The second-order valence-corrected chi connectivity index (χ2v) is 4.47. The Balaban J connectivity index is 1.92. The number of hydrogen-bond donors (Lipinski definition) is 2. The Kier molecular flexibility index (Phi) is 6.20. The lowest BCUT2D eigenvalue weighted by molar-refractivity contribution is 0.434. The molecule has 1 atom stereocenters. The summed E-state index contributed by atoms with van der Waals surface area (Å²) in [5.74, 6) is 0.881. The Morgan fingerprint density at radius 2 is 2.14 bits per heavy atom. The smallest absolute Gasteiger partial charge is 0.00796 e. The van der Waals surface area contributed by atoms with Gasteiger partial charge in [-0.25, -0.2) is 0 Å². The van der Waals surface area contributed by atoms with Gasteiger partial charge >= 0.3 is 0 Å². The van der Waals surface area contributed by atoms with Crippen molar-refractivity contribution in [2.24, 2.45) is 5.92 Å². The zero-order valence-corrected chi connectivity index (χ0v) is 9.81. The fraction of sp³-hybridized carbons (Fsp3) is 1.00. The first-order valence-electron chi connectivity index (χ1n) is 6.30. The minimum atomic E-state index is 0.796. The van der Waals surface area contributed by atoms with Gasteiger partial charge in [-0.2, -0.15) is 0 Å². The van der Waals surface area contributed by atoms with Gasteiger partial charge in [0.25, 0.3) is 0 Å². The van der Waals surface area contributed by atoms with Crippen molar-refractivity contribution < 1.29 is 0 Å². The highest BCUT2D eigenvalue weighted by Gasteiger charge is 2.12. The van der Waals surface area contributed by atoms with E-state index >= 15 is 0 Å². The van der Waals surface area contributed by atoms with Crippen LogP contribution in [0.1, 0.15) is 46.0 Å². The molecule has 84 valence electrons. The van der Waals surface area contributed by atoms with E-state index in [0.717, 1.165) is 12.0 Å². The van der Waals surface area contributed by atoms with Gasteiger partial charge in [-0.15, -0.1) is 0 Å². The molecule has 0 aromatic rings. The van der Waals surface area contributed by atoms with Crippen LogP contribution in [0.25, 0.3) is 0 Å². The summed E-state index contributed by atoms with van der Waals surface area (Å²) in [7, 11) is 0. The van der Waals surface area contributed by atoms with Crippen LogP contribution in [0.3, 0.4) is 0 Å². The summed E-state index contributed by atoms with van der Waals surface area (Å²) >= 11 is 0. The van der Waals surface area contributed by atoms with Crippen molar-refractivity contribution in [1.82, 2.24) is 10.6 Å². The Morgan fingerprint density at radius 1 is 1.36 bits per heavy atom. The fourth-order valence-corrected chi connectivity index (χ4v) is 2.16. The Labute approximate surface area is 88.8 Å². The van der Waals surface area contributed by atoms with Crippen molar-refractivity contribution in [3.8, 4) is 0 Å². The van der Waals surface area contributed by atoms with Crippen LogP contribution in [0, 0.1) is 5.92 Å². The third-order valence-electron chi connectivity index (χ3n) is 3.42. The van der Waals surface area contributed by atoms with Gasteiger partial charge in [-0.3, -0.25) is 0 Å². The van der Waals surface area contributed by atoms with Gasteiger partial charge in [-0.05, 0) is 44.8 Å². The molecule has 1 rings (SSSR count). The van der Waals surface area contributed by atoms with Crippen LogP contribution >= 0.6 is 0 Å². The van der Waals surface area contributed by atoms with Crippen molar-refractivity contribution in [3.63, 3.8) is 0 Å². The normalized spacial score (nSPS) is 22.1. The lowest BCUT2D eigenvalue weighted by Gasteiger charge is -2.15. The van der Waals surface area contributed by atoms with Gasteiger partial charge in [0.1, 0.15) is 0 Å². The maximum absolute atomic E-state index is 3.57. The predicted octanol–water partition coefficient (Wildman–Crippen LogP) is 2.15. The summed E-state index contributed by atoms with van der Waals surface area (Å²) in [6, 6.07) is 0.796. The minimum Gasteiger partial charge on any atom is -0.316 e. The molecule has 0 aromatic heterocycles. The van der Waals surface area contributed by atoms with Crippen LogP contribution in [0.5, 0.6) is 0 Å². The van der Waals surface area contributed by atoms with Gasteiger partial charge in [0.2, 0.25) is 0 Å². The summed E-state index contributed by atoms with van der Waals surface area (Å²) in [5, 5.41) is 7.11. The van der Waals surface area contributed by atoms with Crippen molar-refractivity contribution >= 4 is 0 Å². The molecule has 0 saturated carbocycles. The standard InChI is InChI=1S/C12H26N2/c1-3-11(4-2)10-13-9-7-12-6-5-8-14-12/h11-14H,3-10H2,1-2H3. The van der Waals surface area contributed by atoms with E-state index < -0.39 is 0 Å². The minimum absolute atomic E-state index is 0.796. The van der Waals surface area contributed by atoms with Gasteiger partial charge in [0.05, 0.1) is 0 Å². The van der Waals surface area contributed by atoms with E-state index in [1.807, 2.05) is 0 Å². The maximum atomic E-state index is 3.57. The Hall–Kier alpha value is -0.0800. The molecule has 1 saturated heterocycles. The molecular weight excluding hydrogens is 172 g/mol. The molecule has 1 heterocycles. The van der Waals surface area contributed by atoms with Crippen molar-refractivity contribution in [2.75, 3.05) is 19.6 Å². The molecule has 1 unspecified atom stereocenters. The molecule has 1 aliphatic rings. The third-order valence-corrected chi connectivity index (χ3v) is 3.42. The average molecular weight is 198 g/mol. The van der Waals surface area contributed by atoms with E-state index in [2.05, 4.69) is 24.5 Å². The molecule has 2 nitrogen and oxygen atoms in total. The highest BCUT2D eigenvalue weighted by atomic mass is 14.9. The van der Waals surface area contributed by atoms with Gasteiger partial charge in [-0.1, -0.05) is 26.7 Å². The van der Waals surface area contributed by atoms with Crippen LogP contribution in [0.4, 0.5) is 0 Å². The van der Waals surface area contributed by atoms with E-state index in [9.17, 15) is 0 Å². The third kappa shape index (κ3) is 4.43. The van der Waals surface area contributed by atoms with Crippen LogP contribution in [0.2, 0.25) is 0 Å². The summed E-state index contributed by atoms with van der Waals surface area (Å²) in [4.78, 5) is 0. The molecule has 0 aromatic carbocycles. The number of nitrogens with one attached hydrogen (secondary N) is 2. The monoisotopic (exact) mass is 198 g/mol. The number of hydrogen-bond acceptors (Lipinski definition) is 2. The molecule has 0 spiro atoms. The van der Waals surface area contributed by atoms with E-state index in [-0.39, 0.29) is 0 Å². The zero-order chi connectivity index (χ0) is 10.2. The van der Waals surface area contributed by atoms with E-state index in [1.165, 1.54) is 51.7 Å². The zero-order valence-electron chi connectivity index (χ0n) is 9.81. The Bertz CT molecular complexity index is 122. The molecule has 1 fully saturated rings. The molecule has 0 radical (unpaired) electrons. The van der Waals surface area contributed by atoms with Crippen molar-refractivity contribution in [2.45, 2.75) is 52.0 Å². The molecule has 0 amide bonds. The summed E-state index contributed by atoms with van der Waals surface area (Å²) < 4.78 is 0. The second-order valence-electron chi connectivity index (χ2n) is 4.47. The van der Waals surface area contributed by atoms with Crippen molar-refractivity contribution in [3.05, 3.63) is 0 Å². The number of rotatable bonds is 7. The molecule has 2 N–H and O–H groups in total. The van der Waals surface area contributed by atoms with E-state index in [0.29, 0.717) is 0 Å². The van der Waals surface area contributed by atoms with Gasteiger partial charge in [0.15, 0.2) is 0 Å². The maximum Gasteiger partial charge on any atom is 0.00796 e. The van der Waals surface area contributed by atoms with Crippen LogP contribution in [0.15, 0.2) is 0 Å². The first-order chi connectivity index (χ1) is 6.86. The predicted molar refractivity (Wildman–Crippen MR) is 62.6 cm³/mol. The average Bonchev–Trinajstić information content (AvgIpc) is 2.71. The molecule has 2 heteroatoms. The lowest BCUT2D eigenvalue weighted by Crippen LogP contribution is -2.29. The fourth-order valence-electron chi connectivity index (χ4n) is 2.16. The lowest BCUT2D eigenvalue weighted by atomic mass is 10.0. The first kappa shape index (κ1) is 12.0. The summed E-state index contributed by atoms with van der Waals surface area (Å²) in [6.07, 6.45) is 6.68. The molecule has 1 aliphatic heterocycles. The van der Waals surface area contributed by atoms with Crippen LogP contribution < -0.4 is 10.6 Å². The summed E-state index contributed by atoms with van der Waals surface area (Å²) in [6.45, 7) is 8.20. The molecule has 0 bridgehead atoms. The highest BCUT2D eigenvalue weighted by molar-refractivity contribution is 4.74. The van der Waals surface area contributed by atoms with Gasteiger partial charge < -0.3 is 10.6 Å². The van der Waals surface area contributed by atoms with Gasteiger partial charge in [0, 0.05) is 6.04 Å². The molecule has 14 heavy (non-hydrogen) atoms. The van der Waals surface area contributed by atoms with Crippen molar-refractivity contribution in [1.29, 1.82) is 0 Å². The highest BCUT2D eigenvalue weighted by Crippen LogP contribution is 2.08. The van der Waals surface area contributed by atoms with Crippen LogP contribution in [-0.4, -0.2) is 25.7 Å². The summed E-state index contributed by atoms with van der Waals surface area (Å²) in [5.41, 5.74) is 0. The first-order valence-corrected chi connectivity index (χ1v) is 6.30. The second kappa shape index (κ2) is 7.24. The van der Waals surface area contributed by atoms with E-state index in [1.54, 1.807) is 0 Å². The van der Waals surface area contributed by atoms with Crippen LogP contribution in [-0.2, 0) is 0 Å². The van der Waals surface area contributed by atoms with E-state index in [4.69, 9.17) is 0 Å². The topological polar surface area (TPSA) is 24.1 Å². The quantitative estimate of drug-likeness (QED) is 0.613. The molecular formula is C12H26N2. The SMILES string of the molecule is CCC(CC)CNCCC1CCCN1. The Morgan fingerprint density at radius 3 is 2.71 bits per heavy atom. The largest absolute Gasteiger partial charge is 0.316 e. The molecule has 0 aliphatic carbocycles.